The van der Waals surface area contributed by atoms with Crippen LogP contribution in [-0.2, 0) is 16.6 Å². The first-order chi connectivity index (χ1) is 6.93. The fourth-order valence-corrected chi connectivity index (χ4v) is 1.74. The van der Waals surface area contributed by atoms with E-state index in [1.54, 1.807) is 26.2 Å². The number of sulfonamides is 1. The van der Waals surface area contributed by atoms with Crippen molar-refractivity contribution in [3.63, 3.8) is 0 Å². The van der Waals surface area contributed by atoms with E-state index in [1.165, 1.54) is 0 Å². The predicted octanol–water partition coefficient (Wildman–Crippen LogP) is 1.22. The molecule has 0 aliphatic rings. The fourth-order valence-electron chi connectivity index (χ4n) is 1.05. The van der Waals surface area contributed by atoms with Crippen molar-refractivity contribution in [2.24, 2.45) is 0 Å². The molecule has 0 unspecified atom stereocenters. The van der Waals surface area contributed by atoms with Crippen LogP contribution in [0, 0.1) is 6.92 Å². The van der Waals surface area contributed by atoms with Gasteiger partial charge in [0.05, 0.1) is 5.25 Å². The van der Waals surface area contributed by atoms with E-state index in [4.69, 9.17) is 0 Å². The van der Waals surface area contributed by atoms with E-state index >= 15 is 0 Å². The van der Waals surface area contributed by atoms with E-state index < -0.39 is 15.3 Å². The van der Waals surface area contributed by atoms with Crippen molar-refractivity contribution in [2.75, 3.05) is 0 Å². The molecule has 1 aromatic heterocycles. The van der Waals surface area contributed by atoms with E-state index in [0.29, 0.717) is 6.54 Å². The molecule has 1 aromatic rings. The summed E-state index contributed by atoms with van der Waals surface area (Å²) in [6.07, 6.45) is 3.38. The Balaban J connectivity index is 2.70. The van der Waals surface area contributed by atoms with Crippen molar-refractivity contribution < 1.29 is 8.42 Å². The topological polar surface area (TPSA) is 59.1 Å². The number of nitrogens with zero attached hydrogens (tertiary/aromatic N) is 1. The normalized spacial score (nSPS) is 12.0. The average molecular weight is 228 g/mol. The minimum atomic E-state index is -3.18. The summed E-state index contributed by atoms with van der Waals surface area (Å²) >= 11 is 0. The number of hydrogen-bond donors (Lipinski definition) is 1. The zero-order valence-electron chi connectivity index (χ0n) is 9.19. The standard InChI is InChI=1S/C10H16N2O2S/c1-8(2)15(13,14)12-7-10-4-5-11-6-9(10)3/h4-6,8,12H,7H2,1-3H3. The summed E-state index contributed by atoms with van der Waals surface area (Å²) in [6.45, 7) is 5.55. The number of aryl methyl sites for hydroxylation is 1. The third-order valence-corrected chi connectivity index (χ3v) is 4.01. The van der Waals surface area contributed by atoms with Crippen LogP contribution in [0.2, 0.25) is 0 Å². The molecule has 0 aromatic carbocycles. The van der Waals surface area contributed by atoms with Crippen molar-refractivity contribution in [2.45, 2.75) is 32.6 Å². The quantitative estimate of drug-likeness (QED) is 0.843. The van der Waals surface area contributed by atoms with Crippen molar-refractivity contribution in [3.8, 4) is 0 Å². The molecule has 0 aliphatic heterocycles. The lowest BCUT2D eigenvalue weighted by Crippen LogP contribution is -2.30. The van der Waals surface area contributed by atoms with Crippen molar-refractivity contribution >= 4 is 10.0 Å². The minimum Gasteiger partial charge on any atom is -0.264 e. The molecule has 4 nitrogen and oxygen atoms in total. The Hall–Kier alpha value is -0.940. The molecule has 0 atom stereocenters. The van der Waals surface area contributed by atoms with E-state index in [1.807, 2.05) is 13.0 Å². The van der Waals surface area contributed by atoms with Crippen LogP contribution in [0.5, 0.6) is 0 Å². The Morgan fingerprint density at radius 2 is 2.13 bits per heavy atom. The maximum atomic E-state index is 11.5. The highest BCUT2D eigenvalue weighted by atomic mass is 32.2. The van der Waals surface area contributed by atoms with Gasteiger partial charge in [0, 0.05) is 18.9 Å². The van der Waals surface area contributed by atoms with Crippen molar-refractivity contribution in [3.05, 3.63) is 29.6 Å². The van der Waals surface area contributed by atoms with Crippen LogP contribution in [0.1, 0.15) is 25.0 Å². The maximum absolute atomic E-state index is 11.5. The van der Waals surface area contributed by atoms with E-state index in [9.17, 15) is 8.42 Å². The summed E-state index contributed by atoms with van der Waals surface area (Å²) < 4.78 is 25.5. The van der Waals surface area contributed by atoms with Gasteiger partial charge >= 0.3 is 0 Å². The number of nitrogens with one attached hydrogen (secondary N) is 1. The summed E-state index contributed by atoms with van der Waals surface area (Å²) in [5.74, 6) is 0. The highest BCUT2D eigenvalue weighted by Crippen LogP contribution is 2.06. The lowest BCUT2D eigenvalue weighted by Gasteiger charge is -2.10. The molecule has 15 heavy (non-hydrogen) atoms. The van der Waals surface area contributed by atoms with Crippen molar-refractivity contribution in [1.29, 1.82) is 0 Å². The summed E-state index contributed by atoms with van der Waals surface area (Å²) in [5.41, 5.74) is 1.94. The first kappa shape index (κ1) is 12.1. The number of pyridine rings is 1. The summed E-state index contributed by atoms with van der Waals surface area (Å²) in [6, 6.07) is 1.82. The molecule has 0 amide bonds. The van der Waals surface area contributed by atoms with Crippen molar-refractivity contribution in [1.82, 2.24) is 9.71 Å². The number of aromatic nitrogens is 1. The minimum absolute atomic E-state index is 0.328. The average Bonchev–Trinajstić information content (AvgIpc) is 2.16. The van der Waals surface area contributed by atoms with Gasteiger partial charge in [0.25, 0.3) is 0 Å². The highest BCUT2D eigenvalue weighted by Gasteiger charge is 2.14. The second kappa shape index (κ2) is 4.72. The molecular weight excluding hydrogens is 212 g/mol. The zero-order chi connectivity index (χ0) is 11.5. The molecule has 0 saturated carbocycles. The number of hydrogen-bond acceptors (Lipinski definition) is 3. The Morgan fingerprint density at radius 3 is 2.67 bits per heavy atom. The molecule has 0 radical (unpaired) electrons. The van der Waals surface area contributed by atoms with Gasteiger partial charge in [-0.15, -0.1) is 0 Å². The van der Waals surface area contributed by atoms with Crippen LogP contribution in [0.4, 0.5) is 0 Å². The largest absolute Gasteiger partial charge is 0.264 e. The second-order valence-corrected chi connectivity index (χ2v) is 6.04. The van der Waals surface area contributed by atoms with Crippen LogP contribution >= 0.6 is 0 Å². The molecule has 1 N–H and O–H groups in total. The van der Waals surface area contributed by atoms with Gasteiger partial charge in [-0.25, -0.2) is 13.1 Å². The van der Waals surface area contributed by atoms with Gasteiger partial charge in [0.15, 0.2) is 0 Å². The lowest BCUT2D eigenvalue weighted by atomic mass is 10.2. The van der Waals surface area contributed by atoms with Gasteiger partial charge in [0.2, 0.25) is 10.0 Å². The predicted molar refractivity (Wildman–Crippen MR) is 59.9 cm³/mol. The molecule has 0 aliphatic carbocycles. The molecule has 0 fully saturated rings. The van der Waals surface area contributed by atoms with Crippen LogP contribution < -0.4 is 4.72 Å². The molecule has 0 saturated heterocycles. The van der Waals surface area contributed by atoms with E-state index in [-0.39, 0.29) is 0 Å². The molecule has 1 heterocycles. The maximum Gasteiger partial charge on any atom is 0.214 e. The van der Waals surface area contributed by atoms with Crippen LogP contribution in [0.25, 0.3) is 0 Å². The fraction of sp³-hybridized carbons (Fsp3) is 0.500. The Morgan fingerprint density at radius 1 is 1.47 bits per heavy atom. The molecule has 84 valence electrons. The van der Waals surface area contributed by atoms with Crippen LogP contribution in [-0.4, -0.2) is 18.7 Å². The SMILES string of the molecule is Cc1cnccc1CNS(=O)(=O)C(C)C. The van der Waals surface area contributed by atoms with Gasteiger partial charge in [-0.05, 0) is 38.0 Å². The monoisotopic (exact) mass is 228 g/mol. The Kier molecular flexibility index (Phi) is 3.82. The van der Waals surface area contributed by atoms with Crippen LogP contribution in [0.3, 0.4) is 0 Å². The molecule has 5 heteroatoms. The zero-order valence-corrected chi connectivity index (χ0v) is 10.0. The molecule has 0 bridgehead atoms. The van der Waals surface area contributed by atoms with Gasteiger partial charge < -0.3 is 0 Å². The smallest absolute Gasteiger partial charge is 0.214 e. The first-order valence-corrected chi connectivity index (χ1v) is 6.36. The van der Waals surface area contributed by atoms with Gasteiger partial charge in [-0.1, -0.05) is 0 Å². The third-order valence-electron chi connectivity index (χ3n) is 2.22. The van der Waals surface area contributed by atoms with E-state index in [0.717, 1.165) is 11.1 Å². The van der Waals surface area contributed by atoms with E-state index in [2.05, 4.69) is 9.71 Å². The number of rotatable bonds is 4. The summed E-state index contributed by atoms with van der Waals surface area (Å²) in [5, 5.41) is -0.403. The summed E-state index contributed by atoms with van der Waals surface area (Å²) in [7, 11) is -3.18. The Bertz CT molecular complexity index is 427. The summed E-state index contributed by atoms with van der Waals surface area (Å²) in [4.78, 5) is 3.95. The van der Waals surface area contributed by atoms with Gasteiger partial charge in [0.1, 0.15) is 0 Å². The lowest BCUT2D eigenvalue weighted by molar-refractivity contribution is 0.572. The first-order valence-electron chi connectivity index (χ1n) is 4.81. The van der Waals surface area contributed by atoms with Gasteiger partial charge in [-0.2, -0.15) is 0 Å². The molecule has 1 rings (SSSR count). The molecule has 0 spiro atoms. The van der Waals surface area contributed by atoms with Gasteiger partial charge in [-0.3, -0.25) is 4.98 Å². The van der Waals surface area contributed by atoms with Crippen LogP contribution in [0.15, 0.2) is 18.5 Å². The molecular formula is C10H16N2O2S. The second-order valence-electron chi connectivity index (χ2n) is 3.72. The Labute approximate surface area is 90.8 Å². The highest BCUT2D eigenvalue weighted by molar-refractivity contribution is 7.90. The third kappa shape index (κ3) is 3.28.